The van der Waals surface area contributed by atoms with E-state index in [9.17, 15) is 5.11 Å². The van der Waals surface area contributed by atoms with Crippen LogP contribution in [0.3, 0.4) is 0 Å². The Morgan fingerprint density at radius 1 is 1.08 bits per heavy atom. The van der Waals surface area contributed by atoms with Crippen LogP contribution in [0.2, 0.25) is 0 Å². The Morgan fingerprint density at radius 2 is 1.88 bits per heavy atom. The Hall–Kier alpha value is -0.640. The lowest BCUT2D eigenvalue weighted by Gasteiger charge is -2.57. The fourth-order valence-electron chi connectivity index (χ4n) is 6.84. The summed E-state index contributed by atoms with van der Waals surface area (Å²) < 4.78 is 12.4. The van der Waals surface area contributed by atoms with Crippen molar-refractivity contribution in [1.29, 1.82) is 0 Å². The molecule has 1 aliphatic heterocycles. The van der Waals surface area contributed by atoms with Crippen LogP contribution in [0.4, 0.5) is 0 Å². The molecule has 0 unspecified atom stereocenters. The molecule has 2 saturated carbocycles. The quantitative estimate of drug-likeness (QED) is 0.683. The third-order valence-corrected chi connectivity index (χ3v) is 8.29. The highest BCUT2D eigenvalue weighted by atomic mass is 16.7. The first-order valence-corrected chi connectivity index (χ1v) is 9.85. The van der Waals surface area contributed by atoms with Gasteiger partial charge >= 0.3 is 0 Å². The Labute approximate surface area is 145 Å². The number of hydrogen-bond acceptors (Lipinski definition) is 3. The number of aliphatic hydroxyl groups excluding tert-OH is 1. The highest BCUT2D eigenvalue weighted by molar-refractivity contribution is 5.36. The number of fused-ring (bicyclic) bond motifs is 6. The number of allylic oxidation sites excluding steroid dienone is 1. The molecule has 1 saturated heterocycles. The summed E-state index contributed by atoms with van der Waals surface area (Å²) in [6.07, 6.45) is 12.3. The largest absolute Gasteiger partial charge is 0.393 e. The molecule has 3 heteroatoms. The van der Waals surface area contributed by atoms with Gasteiger partial charge in [0.2, 0.25) is 0 Å². The maximum Gasteiger partial charge on any atom is 0.180 e. The topological polar surface area (TPSA) is 38.7 Å². The van der Waals surface area contributed by atoms with E-state index in [1.165, 1.54) is 18.4 Å². The van der Waals surface area contributed by atoms with Crippen molar-refractivity contribution in [3.63, 3.8) is 0 Å². The lowest BCUT2D eigenvalue weighted by atomic mass is 9.49. The minimum Gasteiger partial charge on any atom is -0.393 e. The second kappa shape index (κ2) is 4.96. The second-order valence-electron chi connectivity index (χ2n) is 9.18. The number of rotatable bonds is 0. The van der Waals surface area contributed by atoms with Gasteiger partial charge in [0.05, 0.1) is 19.3 Å². The van der Waals surface area contributed by atoms with Gasteiger partial charge in [-0.1, -0.05) is 37.1 Å². The molecule has 1 heterocycles. The fourth-order valence-corrected chi connectivity index (χ4v) is 6.84. The van der Waals surface area contributed by atoms with Crippen LogP contribution >= 0.6 is 0 Å². The van der Waals surface area contributed by atoms with E-state index in [1.807, 2.05) is 0 Å². The lowest BCUT2D eigenvalue weighted by Crippen LogP contribution is -2.53. The van der Waals surface area contributed by atoms with E-state index in [0.717, 1.165) is 51.2 Å². The SMILES string of the molecule is C[C@]12CC[C@H](O)CC1=CC[C@H]1C3=CCC4(OCCO4)[C@@]3(C)CC[C@@H]12. The van der Waals surface area contributed by atoms with Crippen molar-refractivity contribution in [2.75, 3.05) is 13.2 Å². The van der Waals surface area contributed by atoms with Crippen LogP contribution in [-0.4, -0.2) is 30.2 Å². The number of hydrogen-bond donors (Lipinski definition) is 1. The van der Waals surface area contributed by atoms with Crippen molar-refractivity contribution in [3.8, 4) is 0 Å². The van der Waals surface area contributed by atoms with Gasteiger partial charge in [0.25, 0.3) is 0 Å². The van der Waals surface area contributed by atoms with Crippen molar-refractivity contribution >= 4 is 0 Å². The van der Waals surface area contributed by atoms with Crippen molar-refractivity contribution in [2.24, 2.45) is 22.7 Å². The van der Waals surface area contributed by atoms with E-state index >= 15 is 0 Å². The van der Waals surface area contributed by atoms with Gasteiger partial charge in [0.1, 0.15) is 0 Å². The highest BCUT2D eigenvalue weighted by Crippen LogP contribution is 2.66. The first-order valence-electron chi connectivity index (χ1n) is 9.85. The molecular weight excluding hydrogens is 300 g/mol. The smallest absolute Gasteiger partial charge is 0.180 e. The van der Waals surface area contributed by atoms with Crippen LogP contribution in [0.5, 0.6) is 0 Å². The molecule has 0 radical (unpaired) electrons. The number of ether oxygens (including phenoxy) is 2. The van der Waals surface area contributed by atoms with Crippen LogP contribution < -0.4 is 0 Å². The summed E-state index contributed by atoms with van der Waals surface area (Å²) in [5, 5.41) is 10.1. The van der Waals surface area contributed by atoms with Gasteiger partial charge in [-0.05, 0) is 55.8 Å². The predicted molar refractivity (Wildman–Crippen MR) is 92.3 cm³/mol. The van der Waals surface area contributed by atoms with Gasteiger partial charge in [-0.25, -0.2) is 0 Å². The minimum atomic E-state index is -0.374. The van der Waals surface area contributed by atoms with Gasteiger partial charge in [-0.3, -0.25) is 0 Å². The van der Waals surface area contributed by atoms with Gasteiger partial charge < -0.3 is 14.6 Å². The maximum absolute atomic E-state index is 10.1. The molecule has 24 heavy (non-hydrogen) atoms. The third kappa shape index (κ3) is 1.79. The van der Waals surface area contributed by atoms with Gasteiger partial charge in [0, 0.05) is 11.8 Å². The molecule has 4 aliphatic carbocycles. The van der Waals surface area contributed by atoms with Gasteiger partial charge in [-0.15, -0.1) is 0 Å². The third-order valence-electron chi connectivity index (χ3n) is 8.29. The molecule has 0 amide bonds. The summed E-state index contributed by atoms with van der Waals surface area (Å²) in [7, 11) is 0. The fraction of sp³-hybridized carbons (Fsp3) is 0.810. The second-order valence-corrected chi connectivity index (χ2v) is 9.18. The van der Waals surface area contributed by atoms with Crippen molar-refractivity contribution in [1.82, 2.24) is 0 Å². The molecule has 0 aromatic rings. The summed E-state index contributed by atoms with van der Waals surface area (Å²) in [6, 6.07) is 0. The molecule has 132 valence electrons. The average molecular weight is 330 g/mol. The zero-order chi connectivity index (χ0) is 16.6. The van der Waals surface area contributed by atoms with E-state index in [4.69, 9.17) is 9.47 Å². The summed E-state index contributed by atoms with van der Waals surface area (Å²) in [5.41, 5.74) is 3.49. The van der Waals surface area contributed by atoms with Crippen LogP contribution in [0.25, 0.3) is 0 Å². The Balaban J connectivity index is 1.51. The standard InChI is InChI=1S/C21H30O3/c1-19-8-5-15(22)13-14(19)3-4-16-17(19)6-9-20(2)18(16)7-10-21(20)23-11-12-24-21/h3,7,15-17,22H,4-6,8-13H2,1-2H3/t15-,16+,17-,19-,20-/m0/s1. The summed E-state index contributed by atoms with van der Waals surface area (Å²) in [4.78, 5) is 0. The van der Waals surface area contributed by atoms with Crippen molar-refractivity contribution in [2.45, 2.75) is 70.7 Å². The van der Waals surface area contributed by atoms with E-state index < -0.39 is 0 Å². The molecule has 1 N–H and O–H groups in total. The molecule has 1 spiro atoms. The van der Waals surface area contributed by atoms with Crippen LogP contribution in [0.15, 0.2) is 23.3 Å². The molecule has 0 aromatic carbocycles. The first kappa shape index (κ1) is 15.6. The monoisotopic (exact) mass is 330 g/mol. The molecule has 3 fully saturated rings. The van der Waals surface area contributed by atoms with Gasteiger partial charge in [0.15, 0.2) is 5.79 Å². The summed E-state index contributed by atoms with van der Waals surface area (Å²) in [6.45, 7) is 6.34. The molecule has 5 aliphatic rings. The first-order chi connectivity index (χ1) is 11.5. The van der Waals surface area contributed by atoms with Crippen LogP contribution in [-0.2, 0) is 9.47 Å². The minimum absolute atomic E-state index is 0.0561. The summed E-state index contributed by atoms with van der Waals surface area (Å²) in [5.74, 6) is 0.988. The van der Waals surface area contributed by atoms with Crippen molar-refractivity contribution in [3.05, 3.63) is 23.3 Å². The molecule has 3 nitrogen and oxygen atoms in total. The highest BCUT2D eigenvalue weighted by Gasteiger charge is 2.63. The zero-order valence-corrected chi connectivity index (χ0v) is 15.0. The average Bonchev–Trinajstić information content (AvgIpc) is 3.15. The molecular formula is C21H30O3. The normalized spacial score (nSPS) is 49.2. The summed E-state index contributed by atoms with van der Waals surface area (Å²) >= 11 is 0. The Kier molecular flexibility index (Phi) is 3.22. The molecule has 0 bridgehead atoms. The lowest BCUT2D eigenvalue weighted by molar-refractivity contribution is -0.220. The van der Waals surface area contributed by atoms with Gasteiger partial charge in [-0.2, -0.15) is 0 Å². The van der Waals surface area contributed by atoms with Crippen molar-refractivity contribution < 1.29 is 14.6 Å². The Bertz CT molecular complexity index is 615. The van der Waals surface area contributed by atoms with Crippen LogP contribution in [0.1, 0.15) is 58.8 Å². The zero-order valence-electron chi connectivity index (χ0n) is 15.0. The van der Waals surface area contributed by atoms with E-state index in [-0.39, 0.29) is 22.7 Å². The van der Waals surface area contributed by atoms with Crippen LogP contribution in [0, 0.1) is 22.7 Å². The van der Waals surface area contributed by atoms with E-state index in [0.29, 0.717) is 5.92 Å². The molecule has 0 aromatic heterocycles. The molecule has 5 rings (SSSR count). The number of aliphatic hydroxyl groups is 1. The molecule has 5 atom stereocenters. The van der Waals surface area contributed by atoms with E-state index in [1.54, 1.807) is 5.57 Å². The van der Waals surface area contributed by atoms with E-state index in [2.05, 4.69) is 26.0 Å². The Morgan fingerprint density at radius 3 is 2.67 bits per heavy atom. The maximum atomic E-state index is 10.1. The predicted octanol–water partition coefficient (Wildman–Crippen LogP) is 3.97.